The Morgan fingerprint density at radius 1 is 1.14 bits per heavy atom. The summed E-state index contributed by atoms with van der Waals surface area (Å²) in [5.41, 5.74) is 0.843. The molecule has 0 aliphatic carbocycles. The van der Waals surface area contributed by atoms with Crippen molar-refractivity contribution in [2.45, 2.75) is 58.2 Å². The summed E-state index contributed by atoms with van der Waals surface area (Å²) in [5, 5.41) is 37.0. The Bertz CT molecular complexity index is 1040. The quantitative estimate of drug-likeness (QED) is 0.617. The number of hydrogen-bond donors (Lipinski definition) is 2. The topological polar surface area (TPSA) is 131 Å². The predicted molar refractivity (Wildman–Crippen MR) is 106 cm³/mol. The second-order valence-electron chi connectivity index (χ2n) is 8.56. The predicted octanol–water partition coefficient (Wildman–Crippen LogP) is -0.0641. The van der Waals surface area contributed by atoms with Gasteiger partial charge in [0.25, 0.3) is 0 Å². The maximum atomic E-state index is 10.3. The van der Waals surface area contributed by atoms with Crippen molar-refractivity contribution in [2.24, 2.45) is 7.05 Å². The molecule has 1 aliphatic rings. The van der Waals surface area contributed by atoms with Gasteiger partial charge in [0.15, 0.2) is 22.8 Å². The Kier molecular flexibility index (Phi) is 4.74. The SMILES string of the molecule is Cc1nnc(Cn2nnc3c(N4CC[C@H](O)[C@@H]4CO)nc(C(C)(C)C)nc32)n1C. The summed E-state index contributed by atoms with van der Waals surface area (Å²) in [5.74, 6) is 2.80. The first-order chi connectivity index (χ1) is 13.7. The molecule has 4 rings (SSSR count). The van der Waals surface area contributed by atoms with Crippen molar-refractivity contribution in [2.75, 3.05) is 18.1 Å². The van der Waals surface area contributed by atoms with Gasteiger partial charge in [-0.05, 0) is 13.3 Å². The number of aryl methyl sites for hydroxylation is 1. The van der Waals surface area contributed by atoms with Crippen LogP contribution in [0.4, 0.5) is 5.82 Å². The van der Waals surface area contributed by atoms with Crippen LogP contribution in [0.15, 0.2) is 0 Å². The summed E-state index contributed by atoms with van der Waals surface area (Å²) in [7, 11) is 1.91. The Morgan fingerprint density at radius 2 is 1.90 bits per heavy atom. The number of anilines is 1. The molecular weight excluding hydrogens is 374 g/mol. The minimum Gasteiger partial charge on any atom is -0.394 e. The van der Waals surface area contributed by atoms with E-state index in [2.05, 4.69) is 20.5 Å². The molecule has 11 heteroatoms. The second-order valence-corrected chi connectivity index (χ2v) is 8.56. The fourth-order valence-electron chi connectivity index (χ4n) is 3.53. The number of aliphatic hydroxyl groups is 2. The van der Waals surface area contributed by atoms with E-state index in [0.29, 0.717) is 42.3 Å². The van der Waals surface area contributed by atoms with Gasteiger partial charge < -0.3 is 19.7 Å². The van der Waals surface area contributed by atoms with Crippen LogP contribution in [0.2, 0.25) is 0 Å². The van der Waals surface area contributed by atoms with Crippen LogP contribution in [0.3, 0.4) is 0 Å². The smallest absolute Gasteiger partial charge is 0.184 e. The van der Waals surface area contributed by atoms with E-state index in [1.807, 2.05) is 44.2 Å². The van der Waals surface area contributed by atoms with E-state index in [-0.39, 0.29) is 12.0 Å². The molecule has 0 spiro atoms. The molecule has 4 heterocycles. The molecule has 2 N–H and O–H groups in total. The Hall–Kier alpha value is -2.66. The third-order valence-electron chi connectivity index (χ3n) is 5.46. The summed E-state index contributed by atoms with van der Waals surface area (Å²) in [6, 6.07) is -0.424. The van der Waals surface area contributed by atoms with Crippen molar-refractivity contribution < 1.29 is 10.2 Å². The van der Waals surface area contributed by atoms with Gasteiger partial charge in [0, 0.05) is 19.0 Å². The highest BCUT2D eigenvalue weighted by Crippen LogP contribution is 2.31. The first-order valence-corrected chi connectivity index (χ1v) is 9.73. The van der Waals surface area contributed by atoms with Crippen molar-refractivity contribution in [3.8, 4) is 0 Å². The number of aromatic nitrogens is 8. The van der Waals surface area contributed by atoms with E-state index in [9.17, 15) is 10.2 Å². The fourth-order valence-corrected chi connectivity index (χ4v) is 3.53. The van der Waals surface area contributed by atoms with Gasteiger partial charge in [0.2, 0.25) is 0 Å². The lowest BCUT2D eigenvalue weighted by atomic mass is 9.95. The van der Waals surface area contributed by atoms with Gasteiger partial charge in [-0.15, -0.1) is 15.3 Å². The van der Waals surface area contributed by atoms with Crippen LogP contribution < -0.4 is 4.90 Å². The Balaban J connectivity index is 1.85. The molecule has 0 saturated carbocycles. The standard InChI is InChI=1S/C18H27N9O2/c1-10-21-22-13(25(10)5)8-27-16-14(23-24-27)15(19-17(20-16)18(2,3)4)26-7-6-12(29)11(26)9-28/h11-12,28-29H,6-9H2,1-5H3/t11-,12-/m0/s1. The van der Waals surface area contributed by atoms with E-state index >= 15 is 0 Å². The van der Waals surface area contributed by atoms with Crippen molar-refractivity contribution in [3.05, 3.63) is 17.5 Å². The number of aliphatic hydroxyl groups excluding tert-OH is 2. The van der Waals surface area contributed by atoms with Crippen LogP contribution in [0, 0.1) is 6.92 Å². The van der Waals surface area contributed by atoms with Crippen LogP contribution in [0.1, 0.15) is 44.7 Å². The van der Waals surface area contributed by atoms with Gasteiger partial charge in [-0.25, -0.2) is 14.6 Å². The highest BCUT2D eigenvalue weighted by Gasteiger charge is 2.36. The van der Waals surface area contributed by atoms with Gasteiger partial charge in [0.1, 0.15) is 18.2 Å². The van der Waals surface area contributed by atoms with E-state index in [4.69, 9.17) is 9.97 Å². The lowest BCUT2D eigenvalue weighted by Crippen LogP contribution is -2.39. The van der Waals surface area contributed by atoms with Crippen LogP contribution >= 0.6 is 0 Å². The van der Waals surface area contributed by atoms with Crippen LogP contribution in [0.25, 0.3) is 11.2 Å². The number of fused-ring (bicyclic) bond motifs is 1. The van der Waals surface area contributed by atoms with Gasteiger partial charge in [-0.2, -0.15) is 0 Å². The van der Waals surface area contributed by atoms with Gasteiger partial charge in [-0.3, -0.25) is 0 Å². The summed E-state index contributed by atoms with van der Waals surface area (Å²) in [6.07, 6.45) is -0.0479. The van der Waals surface area contributed by atoms with Crippen LogP contribution in [-0.2, 0) is 19.0 Å². The number of hydrogen-bond acceptors (Lipinski definition) is 9. The molecule has 0 bridgehead atoms. The highest BCUT2D eigenvalue weighted by molar-refractivity contribution is 5.83. The molecule has 1 fully saturated rings. The van der Waals surface area contributed by atoms with Gasteiger partial charge >= 0.3 is 0 Å². The number of rotatable bonds is 4. The molecule has 3 aromatic rings. The van der Waals surface area contributed by atoms with Gasteiger partial charge in [0.05, 0.1) is 18.8 Å². The first kappa shape index (κ1) is 19.6. The molecule has 1 aliphatic heterocycles. The zero-order chi connectivity index (χ0) is 20.9. The summed E-state index contributed by atoms with van der Waals surface area (Å²) in [6.45, 7) is 8.81. The average Bonchev–Trinajstić information content (AvgIpc) is 3.34. The summed E-state index contributed by atoms with van der Waals surface area (Å²) in [4.78, 5) is 11.4. The monoisotopic (exact) mass is 401 g/mol. The zero-order valence-electron chi connectivity index (χ0n) is 17.4. The van der Waals surface area contributed by atoms with Crippen LogP contribution in [-0.4, -0.2) is 75.2 Å². The second kappa shape index (κ2) is 6.99. The van der Waals surface area contributed by atoms with E-state index in [0.717, 1.165) is 11.6 Å². The molecule has 0 unspecified atom stereocenters. The summed E-state index contributed by atoms with van der Waals surface area (Å²) < 4.78 is 3.60. The maximum Gasteiger partial charge on any atom is 0.184 e. The van der Waals surface area contributed by atoms with Crippen molar-refractivity contribution in [1.82, 2.24) is 39.7 Å². The molecule has 3 aromatic heterocycles. The molecule has 0 radical (unpaired) electrons. The lowest BCUT2D eigenvalue weighted by Gasteiger charge is -2.27. The Labute approximate surface area is 168 Å². The molecular formula is C18H27N9O2. The highest BCUT2D eigenvalue weighted by atomic mass is 16.3. The van der Waals surface area contributed by atoms with Crippen LogP contribution in [0.5, 0.6) is 0 Å². The minimum absolute atomic E-state index is 0.163. The van der Waals surface area contributed by atoms with E-state index < -0.39 is 12.1 Å². The van der Waals surface area contributed by atoms with Crippen molar-refractivity contribution >= 4 is 17.0 Å². The van der Waals surface area contributed by atoms with E-state index in [1.165, 1.54) is 0 Å². The molecule has 156 valence electrons. The Morgan fingerprint density at radius 3 is 2.52 bits per heavy atom. The fraction of sp³-hybridized carbons (Fsp3) is 0.667. The lowest BCUT2D eigenvalue weighted by molar-refractivity contribution is 0.128. The summed E-state index contributed by atoms with van der Waals surface area (Å²) >= 11 is 0. The average molecular weight is 401 g/mol. The minimum atomic E-state index is -0.611. The largest absolute Gasteiger partial charge is 0.394 e. The molecule has 1 saturated heterocycles. The normalized spacial score (nSPS) is 20.2. The number of nitrogens with zero attached hydrogens (tertiary/aromatic N) is 9. The van der Waals surface area contributed by atoms with Crippen molar-refractivity contribution in [3.63, 3.8) is 0 Å². The zero-order valence-corrected chi connectivity index (χ0v) is 17.4. The molecule has 29 heavy (non-hydrogen) atoms. The third-order valence-corrected chi connectivity index (χ3v) is 5.46. The molecule has 0 aromatic carbocycles. The van der Waals surface area contributed by atoms with Crippen molar-refractivity contribution in [1.29, 1.82) is 0 Å². The molecule has 2 atom stereocenters. The van der Waals surface area contributed by atoms with E-state index in [1.54, 1.807) is 4.68 Å². The molecule has 11 nitrogen and oxygen atoms in total. The molecule has 0 amide bonds. The van der Waals surface area contributed by atoms with Gasteiger partial charge in [-0.1, -0.05) is 26.0 Å². The first-order valence-electron chi connectivity index (χ1n) is 9.73. The maximum absolute atomic E-state index is 10.3. The third kappa shape index (κ3) is 3.33.